The van der Waals surface area contributed by atoms with Crippen molar-refractivity contribution in [1.82, 2.24) is 0 Å². The number of hydrogen-bond donors (Lipinski definition) is 2. The number of ether oxygens (including phenoxy) is 2. The van der Waals surface area contributed by atoms with E-state index >= 15 is 0 Å². The summed E-state index contributed by atoms with van der Waals surface area (Å²) in [7, 11) is -1.32. The highest BCUT2D eigenvalue weighted by Gasteiger charge is 2.40. The van der Waals surface area contributed by atoms with E-state index in [1.807, 2.05) is 30.3 Å². The molecule has 192 valence electrons. The molecule has 0 aliphatic carbocycles. The van der Waals surface area contributed by atoms with E-state index in [9.17, 15) is 18.0 Å². The van der Waals surface area contributed by atoms with Gasteiger partial charge in [-0.15, -0.1) is 0 Å². The number of carbonyl (C=O) groups excluding carboxylic acids is 2. The van der Waals surface area contributed by atoms with E-state index in [-0.39, 0.29) is 22.9 Å². The fourth-order valence-electron chi connectivity index (χ4n) is 4.20. The van der Waals surface area contributed by atoms with E-state index in [1.165, 1.54) is 25.4 Å². The highest BCUT2D eigenvalue weighted by atomic mass is 32.2. The average molecular weight is 522 g/mol. The lowest BCUT2D eigenvalue weighted by atomic mass is 10.0. The smallest absolute Gasteiger partial charge is 0.270 e. The van der Waals surface area contributed by atoms with Gasteiger partial charge >= 0.3 is 0 Å². The van der Waals surface area contributed by atoms with Crippen LogP contribution in [0, 0.1) is 0 Å². The molecule has 1 aliphatic heterocycles. The van der Waals surface area contributed by atoms with E-state index < -0.39 is 15.9 Å². The van der Waals surface area contributed by atoms with E-state index in [2.05, 4.69) is 10.6 Å². The Balaban J connectivity index is 1.83. The Morgan fingerprint density at radius 3 is 2.11 bits per heavy atom. The van der Waals surface area contributed by atoms with E-state index in [0.29, 0.717) is 34.1 Å². The zero-order chi connectivity index (χ0) is 26.7. The lowest BCUT2D eigenvalue weighted by Crippen LogP contribution is -2.39. The van der Waals surface area contributed by atoms with Crippen molar-refractivity contribution in [3.63, 3.8) is 0 Å². The Kier molecular flexibility index (Phi) is 7.21. The molecule has 1 aliphatic rings. The third-order valence-electron chi connectivity index (χ3n) is 5.88. The van der Waals surface area contributed by atoms with Crippen molar-refractivity contribution in [3.8, 4) is 11.5 Å². The number of methoxy groups -OCH3 is 2. The summed E-state index contributed by atoms with van der Waals surface area (Å²) in [5, 5.41) is 5.31. The van der Waals surface area contributed by atoms with Crippen LogP contribution in [0.1, 0.15) is 25.0 Å². The van der Waals surface area contributed by atoms with Crippen molar-refractivity contribution >= 4 is 44.5 Å². The molecule has 2 amide bonds. The molecule has 2 N–H and O–H groups in total. The summed E-state index contributed by atoms with van der Waals surface area (Å²) in [5.41, 5.74) is 2.73. The maximum Gasteiger partial charge on any atom is 0.270 e. The van der Waals surface area contributed by atoms with Gasteiger partial charge in [-0.2, -0.15) is 0 Å². The second kappa shape index (κ2) is 10.4. The third-order valence-corrected chi connectivity index (χ3v) is 7.79. The van der Waals surface area contributed by atoms with Crippen LogP contribution in [0.25, 0.3) is 5.57 Å². The van der Waals surface area contributed by atoms with E-state index in [1.54, 1.807) is 43.3 Å². The molecule has 0 spiro atoms. The van der Waals surface area contributed by atoms with Gasteiger partial charge in [-0.3, -0.25) is 13.9 Å². The van der Waals surface area contributed by atoms with Gasteiger partial charge < -0.3 is 20.1 Å². The summed E-state index contributed by atoms with van der Waals surface area (Å²) in [6, 6.07) is 18.8. The Labute approximate surface area is 215 Å². The van der Waals surface area contributed by atoms with Crippen molar-refractivity contribution in [2.24, 2.45) is 0 Å². The predicted molar refractivity (Wildman–Crippen MR) is 143 cm³/mol. The first-order chi connectivity index (χ1) is 17.6. The Morgan fingerprint density at radius 1 is 0.865 bits per heavy atom. The first-order valence-corrected chi connectivity index (χ1v) is 12.8. The van der Waals surface area contributed by atoms with Crippen LogP contribution in [0.3, 0.4) is 0 Å². The van der Waals surface area contributed by atoms with Crippen LogP contribution in [0.5, 0.6) is 11.5 Å². The molecule has 0 saturated heterocycles. The highest BCUT2D eigenvalue weighted by Crippen LogP contribution is 2.45. The van der Waals surface area contributed by atoms with Crippen LogP contribution in [-0.4, -0.2) is 34.5 Å². The van der Waals surface area contributed by atoms with Crippen molar-refractivity contribution in [3.05, 3.63) is 82.8 Å². The minimum Gasteiger partial charge on any atom is -0.493 e. The second-order valence-electron chi connectivity index (χ2n) is 8.39. The number of nitrogens with zero attached hydrogens (tertiary/aromatic N) is 1. The summed E-state index contributed by atoms with van der Waals surface area (Å²) >= 11 is 0. The predicted octanol–water partition coefficient (Wildman–Crippen LogP) is 4.38. The molecule has 0 radical (unpaired) electrons. The minimum absolute atomic E-state index is 0.00767. The van der Waals surface area contributed by atoms with Crippen LogP contribution in [-0.2, 0) is 26.2 Å². The number of hydrogen-bond acceptors (Lipinski definition) is 6. The zero-order valence-corrected chi connectivity index (χ0v) is 21.7. The van der Waals surface area contributed by atoms with Crippen LogP contribution in [0.15, 0.2) is 71.6 Å². The second-order valence-corrected chi connectivity index (χ2v) is 10.2. The van der Waals surface area contributed by atoms with Crippen molar-refractivity contribution < 1.29 is 27.5 Å². The van der Waals surface area contributed by atoms with Gasteiger partial charge in [-0.25, -0.2) is 8.42 Å². The summed E-state index contributed by atoms with van der Waals surface area (Å²) in [5.74, 6) is -0.294. The van der Waals surface area contributed by atoms with Gasteiger partial charge in [0.1, 0.15) is 0 Å². The molecule has 1 heterocycles. The molecule has 9 nitrogen and oxygen atoms in total. The molecule has 3 aromatic rings. The van der Waals surface area contributed by atoms with Gasteiger partial charge in [0.15, 0.2) is 16.4 Å². The first-order valence-electron chi connectivity index (χ1n) is 11.4. The number of rotatable bonds is 7. The van der Waals surface area contributed by atoms with Crippen LogP contribution < -0.4 is 24.4 Å². The fraction of sp³-hybridized carbons (Fsp3) is 0.185. The van der Waals surface area contributed by atoms with Crippen molar-refractivity contribution in [2.75, 3.05) is 29.2 Å². The maximum absolute atomic E-state index is 14.0. The number of anilines is 3. The number of allylic oxidation sites excluding steroid dienone is 1. The number of amides is 2. The summed E-state index contributed by atoms with van der Waals surface area (Å²) in [4.78, 5) is 24.5. The van der Waals surface area contributed by atoms with Crippen LogP contribution in [0.2, 0.25) is 0 Å². The molecule has 37 heavy (non-hydrogen) atoms. The van der Waals surface area contributed by atoms with E-state index in [0.717, 1.165) is 5.56 Å². The van der Waals surface area contributed by atoms with Gasteiger partial charge in [0.05, 0.1) is 26.5 Å². The molecule has 0 saturated carbocycles. The molecule has 0 unspecified atom stereocenters. The Bertz CT molecular complexity index is 1500. The summed E-state index contributed by atoms with van der Waals surface area (Å²) in [6.45, 7) is 2.97. The van der Waals surface area contributed by atoms with Gasteiger partial charge in [0.2, 0.25) is 5.91 Å². The maximum atomic E-state index is 14.0. The summed E-state index contributed by atoms with van der Waals surface area (Å²) in [6.07, 6.45) is 0. The lowest BCUT2D eigenvalue weighted by molar-refractivity contribution is -0.114. The van der Waals surface area contributed by atoms with E-state index in [4.69, 9.17) is 9.47 Å². The highest BCUT2D eigenvalue weighted by molar-refractivity contribution is 7.97. The molecule has 0 atom stereocenters. The summed E-state index contributed by atoms with van der Waals surface area (Å²) < 4.78 is 40.0. The van der Waals surface area contributed by atoms with Gasteiger partial charge in [0, 0.05) is 29.9 Å². The number of nitrogens with one attached hydrogen (secondary N) is 2. The average Bonchev–Trinajstić information content (AvgIpc) is 2.86. The molecule has 0 bridgehead atoms. The molecular weight excluding hydrogens is 494 g/mol. The standard InChI is InChI=1S/C27H27N3O6S/c1-17-22-14-24(35-3)25(36-4)15-23(22)30(16-19-9-6-5-7-10-19)37(33,34)26(17)27(32)29-21-12-8-11-20(13-21)28-18(2)31/h5-15H,16H2,1-4H3,(H,28,31)(H,29,32). The monoisotopic (exact) mass is 521 g/mol. The van der Waals surface area contributed by atoms with Crippen molar-refractivity contribution in [2.45, 2.75) is 20.4 Å². The largest absolute Gasteiger partial charge is 0.493 e. The van der Waals surface area contributed by atoms with Crippen LogP contribution in [0.4, 0.5) is 17.1 Å². The van der Waals surface area contributed by atoms with Gasteiger partial charge in [-0.05, 0) is 42.3 Å². The lowest BCUT2D eigenvalue weighted by Gasteiger charge is -2.33. The molecule has 10 heteroatoms. The SMILES string of the molecule is COc1cc2c(cc1OC)N(Cc1ccccc1)S(=O)(=O)C(C(=O)Nc1cccc(NC(C)=O)c1)=C2C. The topological polar surface area (TPSA) is 114 Å². The number of sulfonamides is 1. The number of carbonyl (C=O) groups is 2. The fourth-order valence-corrected chi connectivity index (χ4v) is 5.93. The third kappa shape index (κ3) is 5.14. The molecule has 0 fully saturated rings. The minimum atomic E-state index is -4.28. The quantitative estimate of drug-likeness (QED) is 0.477. The van der Waals surface area contributed by atoms with Gasteiger partial charge in [-0.1, -0.05) is 36.4 Å². The molecular formula is C27H27N3O6S. The van der Waals surface area contributed by atoms with Crippen molar-refractivity contribution in [1.29, 1.82) is 0 Å². The first kappa shape index (κ1) is 25.8. The zero-order valence-electron chi connectivity index (χ0n) is 20.9. The Morgan fingerprint density at radius 2 is 1.49 bits per heavy atom. The molecule has 0 aromatic heterocycles. The number of benzene rings is 3. The van der Waals surface area contributed by atoms with Crippen LogP contribution >= 0.6 is 0 Å². The molecule has 4 rings (SSSR count). The number of fused-ring (bicyclic) bond motifs is 1. The van der Waals surface area contributed by atoms with Gasteiger partial charge in [0.25, 0.3) is 15.9 Å². The molecule has 3 aromatic carbocycles. The Hall–Kier alpha value is -4.31. The normalized spacial score (nSPS) is 14.0.